The van der Waals surface area contributed by atoms with Crippen molar-refractivity contribution in [3.05, 3.63) is 39.3 Å². The molecule has 0 saturated heterocycles. The minimum atomic E-state index is -0.0156. The van der Waals surface area contributed by atoms with Crippen LogP contribution in [0.15, 0.2) is 16.9 Å². The summed E-state index contributed by atoms with van der Waals surface area (Å²) in [5.41, 5.74) is 5.09. The Hall–Kier alpha value is -2.30. The van der Waals surface area contributed by atoms with Gasteiger partial charge in [-0.05, 0) is 61.8 Å². The van der Waals surface area contributed by atoms with Crippen LogP contribution < -0.4 is 15.6 Å². The van der Waals surface area contributed by atoms with Crippen molar-refractivity contribution in [3.63, 3.8) is 0 Å². The summed E-state index contributed by atoms with van der Waals surface area (Å²) in [6.45, 7) is 5.03. The van der Waals surface area contributed by atoms with E-state index >= 15 is 0 Å². The lowest BCUT2D eigenvalue weighted by Crippen LogP contribution is -2.26. The van der Waals surface area contributed by atoms with E-state index in [-0.39, 0.29) is 5.56 Å². The predicted molar refractivity (Wildman–Crippen MR) is 116 cm³/mol. The third-order valence-corrected chi connectivity index (χ3v) is 5.69. The van der Waals surface area contributed by atoms with Crippen molar-refractivity contribution < 1.29 is 4.74 Å². The van der Waals surface area contributed by atoms with Gasteiger partial charge in [0.15, 0.2) is 0 Å². The molecule has 5 nitrogen and oxygen atoms in total. The van der Waals surface area contributed by atoms with Gasteiger partial charge in [-0.15, -0.1) is 0 Å². The summed E-state index contributed by atoms with van der Waals surface area (Å²) in [5, 5.41) is 3.34. The van der Waals surface area contributed by atoms with Crippen molar-refractivity contribution in [2.75, 3.05) is 19.0 Å². The molecule has 0 unspecified atom stereocenters. The molecule has 1 N–H and O–H groups in total. The molecule has 0 aliphatic heterocycles. The summed E-state index contributed by atoms with van der Waals surface area (Å²) in [6.07, 6.45) is 8.71. The molecular formula is C23H33N3O2. The lowest BCUT2D eigenvalue weighted by molar-refractivity contribution is 0.414. The molecule has 0 amide bonds. The fourth-order valence-electron chi connectivity index (χ4n) is 4.02. The van der Waals surface area contributed by atoms with Crippen LogP contribution in [0.1, 0.15) is 62.8 Å². The molecule has 0 atom stereocenters. The van der Waals surface area contributed by atoms with Crippen LogP contribution in [0.4, 0.5) is 5.69 Å². The monoisotopic (exact) mass is 383 g/mol. The highest BCUT2D eigenvalue weighted by Gasteiger charge is 2.20. The number of methoxy groups -OCH3 is 1. The van der Waals surface area contributed by atoms with Gasteiger partial charge in [-0.1, -0.05) is 26.7 Å². The number of aryl methyl sites for hydroxylation is 3. The molecule has 1 aliphatic rings. The molecule has 0 bridgehead atoms. The number of ether oxygens (including phenoxy) is 1. The van der Waals surface area contributed by atoms with Gasteiger partial charge in [-0.3, -0.25) is 9.36 Å². The highest BCUT2D eigenvalue weighted by Crippen LogP contribution is 2.35. The highest BCUT2D eigenvalue weighted by molar-refractivity contribution is 5.68. The Balaban J connectivity index is 2.05. The first-order valence-electron chi connectivity index (χ1n) is 10.6. The SMILES string of the molecule is CCCCCNc1c(CC)nc(-c2cc3c(cc2OC)CCCC3)n(C)c1=O. The molecular weight excluding hydrogens is 350 g/mol. The number of hydrogen-bond acceptors (Lipinski definition) is 4. The van der Waals surface area contributed by atoms with E-state index in [2.05, 4.69) is 24.4 Å². The largest absolute Gasteiger partial charge is 0.496 e. The van der Waals surface area contributed by atoms with Crippen molar-refractivity contribution >= 4 is 5.69 Å². The van der Waals surface area contributed by atoms with E-state index in [9.17, 15) is 4.79 Å². The van der Waals surface area contributed by atoms with Crippen LogP contribution in [-0.2, 0) is 26.3 Å². The minimum absolute atomic E-state index is 0.0156. The Morgan fingerprint density at radius 2 is 1.86 bits per heavy atom. The quantitative estimate of drug-likeness (QED) is 0.682. The first-order chi connectivity index (χ1) is 13.6. The summed E-state index contributed by atoms with van der Waals surface area (Å²) in [4.78, 5) is 18.0. The zero-order chi connectivity index (χ0) is 20.1. The molecule has 0 saturated carbocycles. The molecule has 152 valence electrons. The average Bonchev–Trinajstić information content (AvgIpc) is 2.73. The maximum atomic E-state index is 13.1. The van der Waals surface area contributed by atoms with Gasteiger partial charge in [-0.2, -0.15) is 0 Å². The van der Waals surface area contributed by atoms with E-state index in [0.717, 1.165) is 55.7 Å². The van der Waals surface area contributed by atoms with Crippen molar-refractivity contribution in [3.8, 4) is 17.1 Å². The third-order valence-electron chi connectivity index (χ3n) is 5.69. The van der Waals surface area contributed by atoms with Gasteiger partial charge in [-0.25, -0.2) is 4.98 Å². The summed E-state index contributed by atoms with van der Waals surface area (Å²) in [6, 6.07) is 4.32. The molecule has 1 heterocycles. The summed E-state index contributed by atoms with van der Waals surface area (Å²) >= 11 is 0. The molecule has 0 radical (unpaired) electrons. The standard InChI is InChI=1S/C23H33N3O2/c1-5-7-10-13-24-21-19(6-2)25-22(26(3)23(21)27)18-14-16-11-8-9-12-17(16)15-20(18)28-4/h14-15,24H,5-13H2,1-4H3. The molecule has 3 rings (SSSR count). The number of unbranched alkanes of at least 4 members (excludes halogenated alkanes) is 2. The molecule has 0 fully saturated rings. The number of benzene rings is 1. The fourth-order valence-corrected chi connectivity index (χ4v) is 4.02. The van der Waals surface area contributed by atoms with Gasteiger partial charge in [0, 0.05) is 13.6 Å². The third kappa shape index (κ3) is 4.08. The van der Waals surface area contributed by atoms with Crippen LogP contribution in [0, 0.1) is 0 Å². The number of hydrogen-bond donors (Lipinski definition) is 1. The van der Waals surface area contributed by atoms with Gasteiger partial charge in [0.2, 0.25) is 0 Å². The summed E-state index contributed by atoms with van der Waals surface area (Å²) in [5.74, 6) is 1.49. The van der Waals surface area contributed by atoms with Crippen LogP contribution in [0.5, 0.6) is 5.75 Å². The fraction of sp³-hybridized carbons (Fsp3) is 0.565. The average molecular weight is 384 g/mol. The molecule has 2 aromatic rings. The molecule has 0 spiro atoms. The molecule has 28 heavy (non-hydrogen) atoms. The number of anilines is 1. The Morgan fingerprint density at radius 1 is 1.14 bits per heavy atom. The van der Waals surface area contributed by atoms with Crippen molar-refractivity contribution in [1.82, 2.24) is 9.55 Å². The summed E-state index contributed by atoms with van der Waals surface area (Å²) in [7, 11) is 3.50. The van der Waals surface area contributed by atoms with Crippen LogP contribution in [0.3, 0.4) is 0 Å². The van der Waals surface area contributed by atoms with E-state index in [1.54, 1.807) is 18.7 Å². The lowest BCUT2D eigenvalue weighted by atomic mass is 9.89. The minimum Gasteiger partial charge on any atom is -0.496 e. The molecule has 5 heteroatoms. The van der Waals surface area contributed by atoms with Gasteiger partial charge >= 0.3 is 0 Å². The predicted octanol–water partition coefficient (Wildman–Crippen LogP) is 4.50. The molecule has 1 aromatic heterocycles. The number of fused-ring (bicyclic) bond motifs is 1. The van der Waals surface area contributed by atoms with Crippen molar-refractivity contribution in [1.29, 1.82) is 0 Å². The number of nitrogens with zero attached hydrogens (tertiary/aromatic N) is 2. The number of rotatable bonds is 8. The zero-order valence-corrected chi connectivity index (χ0v) is 17.7. The highest BCUT2D eigenvalue weighted by atomic mass is 16.5. The van der Waals surface area contributed by atoms with E-state index in [1.165, 1.54) is 24.0 Å². The number of nitrogens with one attached hydrogen (secondary N) is 1. The Bertz CT molecular complexity index is 886. The molecule has 1 aliphatic carbocycles. The van der Waals surface area contributed by atoms with E-state index in [0.29, 0.717) is 17.9 Å². The van der Waals surface area contributed by atoms with Crippen molar-refractivity contribution in [2.45, 2.75) is 65.2 Å². The van der Waals surface area contributed by atoms with Crippen molar-refractivity contribution in [2.24, 2.45) is 7.05 Å². The van der Waals surface area contributed by atoms with Gasteiger partial charge < -0.3 is 10.1 Å². The van der Waals surface area contributed by atoms with E-state index in [4.69, 9.17) is 9.72 Å². The van der Waals surface area contributed by atoms with Crippen LogP contribution in [0.2, 0.25) is 0 Å². The maximum Gasteiger partial charge on any atom is 0.277 e. The Labute approximate surface area is 168 Å². The molecule has 1 aromatic carbocycles. The van der Waals surface area contributed by atoms with E-state index in [1.807, 2.05) is 6.92 Å². The smallest absolute Gasteiger partial charge is 0.277 e. The normalized spacial score (nSPS) is 13.3. The Kier molecular flexibility index (Phi) is 6.76. The lowest BCUT2D eigenvalue weighted by Gasteiger charge is -2.21. The topological polar surface area (TPSA) is 56.2 Å². The van der Waals surface area contributed by atoms with E-state index < -0.39 is 0 Å². The van der Waals surface area contributed by atoms with Gasteiger partial charge in [0.25, 0.3) is 5.56 Å². The second-order valence-electron chi connectivity index (χ2n) is 7.64. The first kappa shape index (κ1) is 20.4. The van der Waals surface area contributed by atoms with Crippen LogP contribution in [0.25, 0.3) is 11.4 Å². The Morgan fingerprint density at radius 3 is 2.50 bits per heavy atom. The first-order valence-corrected chi connectivity index (χ1v) is 10.6. The van der Waals surface area contributed by atoms with Gasteiger partial charge in [0.05, 0.1) is 18.4 Å². The second-order valence-corrected chi connectivity index (χ2v) is 7.64. The van der Waals surface area contributed by atoms with Crippen LogP contribution >= 0.6 is 0 Å². The maximum absolute atomic E-state index is 13.1. The summed E-state index contributed by atoms with van der Waals surface area (Å²) < 4.78 is 7.35. The van der Waals surface area contributed by atoms with Gasteiger partial charge in [0.1, 0.15) is 17.3 Å². The zero-order valence-electron chi connectivity index (χ0n) is 17.7. The van der Waals surface area contributed by atoms with Crippen LogP contribution in [-0.4, -0.2) is 23.2 Å². The number of aromatic nitrogens is 2. The second kappa shape index (κ2) is 9.26.